The molecule has 0 fully saturated rings. The van der Waals surface area contributed by atoms with Crippen molar-refractivity contribution in [2.24, 2.45) is 0 Å². The van der Waals surface area contributed by atoms with Crippen LogP contribution in [0.25, 0.3) is 62.2 Å². The first-order valence-electron chi connectivity index (χ1n) is 23.3. The maximum absolute atomic E-state index is 2.45. The molecule has 0 saturated carbocycles. The molecule has 0 aliphatic rings. The van der Waals surface area contributed by atoms with E-state index < -0.39 is 0 Å². The highest BCUT2D eigenvalue weighted by molar-refractivity contribution is 7.26. The van der Waals surface area contributed by atoms with Gasteiger partial charge in [-0.25, -0.2) is 0 Å². The fourth-order valence-corrected chi connectivity index (χ4v) is 12.5. The highest BCUT2D eigenvalue weighted by Crippen LogP contribution is 2.51. The molecule has 13 rings (SSSR count). The van der Waals surface area contributed by atoms with Gasteiger partial charge in [0.2, 0.25) is 0 Å². The Morgan fingerprint density at radius 1 is 0.217 bits per heavy atom. The average molecular weight is 918 g/mol. The van der Waals surface area contributed by atoms with Gasteiger partial charge in [-0.3, -0.25) is 0 Å². The van der Waals surface area contributed by atoms with Crippen LogP contribution >= 0.6 is 22.7 Å². The lowest BCUT2D eigenvalue weighted by atomic mass is 9.94. The largest absolute Gasteiger partial charge is 0.310 e. The summed E-state index contributed by atoms with van der Waals surface area (Å²) in [6.45, 7) is 0. The van der Waals surface area contributed by atoms with Crippen molar-refractivity contribution in [1.29, 1.82) is 0 Å². The maximum Gasteiger partial charge on any atom is 0.0640 e. The van der Waals surface area contributed by atoms with Gasteiger partial charge in [0, 0.05) is 86.4 Å². The number of fused-ring (bicyclic) bond motifs is 7. The summed E-state index contributed by atoms with van der Waals surface area (Å²) >= 11 is 3.75. The van der Waals surface area contributed by atoms with Gasteiger partial charge in [0.15, 0.2) is 0 Å². The lowest BCUT2D eigenvalue weighted by Crippen LogP contribution is -2.10. The van der Waals surface area contributed by atoms with Crippen molar-refractivity contribution in [3.05, 3.63) is 261 Å². The standard InChI is InChI=1S/C64H43N3S2/c1-6-21-44(22-7-1)65(45-23-8-2-9-24-45)50-42-57(52-38-39-59(53-32-17-16-31-51(52)53)66(46-25-10-3-11-26-46)47-27-12-4-13-28-47)63-58(43-50)56-41-49(37-40-62(56)68-63)67(48-29-14-5-15-30-48)60-35-20-34-55-54-33-18-19-36-61(54)69-64(55)60/h1-43H. The number of nitrogens with zero attached hydrogens (tertiary/aromatic N) is 3. The van der Waals surface area contributed by atoms with E-state index in [9.17, 15) is 0 Å². The molecule has 0 N–H and O–H groups in total. The van der Waals surface area contributed by atoms with E-state index in [0.29, 0.717) is 0 Å². The van der Waals surface area contributed by atoms with Crippen LogP contribution in [0.4, 0.5) is 51.2 Å². The summed E-state index contributed by atoms with van der Waals surface area (Å²) in [6, 6.07) is 94.8. The molecule has 69 heavy (non-hydrogen) atoms. The number of hydrogen-bond acceptors (Lipinski definition) is 5. The van der Waals surface area contributed by atoms with Crippen molar-refractivity contribution in [3.63, 3.8) is 0 Å². The second-order valence-electron chi connectivity index (χ2n) is 17.3. The Kier molecular flexibility index (Phi) is 10.2. The second kappa shape index (κ2) is 17.3. The summed E-state index contributed by atoms with van der Waals surface area (Å²) in [7, 11) is 0. The predicted octanol–water partition coefficient (Wildman–Crippen LogP) is 19.7. The molecule has 0 amide bonds. The Bertz CT molecular complexity index is 3880. The lowest BCUT2D eigenvalue weighted by Gasteiger charge is -2.28. The fourth-order valence-electron chi connectivity index (χ4n) is 10.1. The Morgan fingerprint density at radius 3 is 1.29 bits per heavy atom. The minimum Gasteiger partial charge on any atom is -0.310 e. The van der Waals surface area contributed by atoms with Crippen LogP contribution in [-0.4, -0.2) is 0 Å². The quantitative estimate of drug-likeness (QED) is 0.135. The molecule has 2 heterocycles. The zero-order chi connectivity index (χ0) is 45.7. The predicted molar refractivity (Wildman–Crippen MR) is 299 cm³/mol. The van der Waals surface area contributed by atoms with E-state index in [1.807, 2.05) is 22.7 Å². The van der Waals surface area contributed by atoms with Crippen molar-refractivity contribution in [1.82, 2.24) is 0 Å². The molecule has 0 aliphatic heterocycles. The van der Waals surface area contributed by atoms with E-state index in [-0.39, 0.29) is 0 Å². The molecular formula is C64H43N3S2. The van der Waals surface area contributed by atoms with Crippen LogP contribution in [0.2, 0.25) is 0 Å². The molecule has 3 nitrogen and oxygen atoms in total. The molecular weight excluding hydrogens is 875 g/mol. The number of benzene rings is 11. The monoisotopic (exact) mass is 917 g/mol. The van der Waals surface area contributed by atoms with Gasteiger partial charge in [0.25, 0.3) is 0 Å². The Labute approximate surface area is 409 Å². The molecule has 0 atom stereocenters. The zero-order valence-electron chi connectivity index (χ0n) is 37.5. The molecule has 326 valence electrons. The summed E-state index contributed by atoms with van der Waals surface area (Å²) in [4.78, 5) is 7.23. The summed E-state index contributed by atoms with van der Waals surface area (Å²) < 4.78 is 5.07. The van der Waals surface area contributed by atoms with Gasteiger partial charge in [-0.05, 0) is 120 Å². The van der Waals surface area contributed by atoms with Crippen molar-refractivity contribution in [2.75, 3.05) is 14.7 Å². The van der Waals surface area contributed by atoms with E-state index in [0.717, 1.165) is 45.5 Å². The molecule has 0 bridgehead atoms. The van der Waals surface area contributed by atoms with Crippen LogP contribution < -0.4 is 14.7 Å². The minimum absolute atomic E-state index is 1.10. The molecule has 5 heteroatoms. The van der Waals surface area contributed by atoms with Crippen LogP contribution in [-0.2, 0) is 0 Å². The van der Waals surface area contributed by atoms with Crippen LogP contribution in [0.3, 0.4) is 0 Å². The van der Waals surface area contributed by atoms with Gasteiger partial charge in [0.1, 0.15) is 0 Å². The SMILES string of the molecule is c1ccc(N(c2ccccc2)c2cc(-c3ccc(N(c4ccccc4)c4ccccc4)c4ccccc34)c3sc4ccc(N(c5ccccc5)c5cccc6c5sc5ccccc56)cc4c3c2)cc1. The van der Waals surface area contributed by atoms with Crippen molar-refractivity contribution in [2.45, 2.75) is 0 Å². The first-order chi connectivity index (χ1) is 34.2. The summed E-state index contributed by atoms with van der Waals surface area (Å²) in [5.41, 5.74) is 12.4. The number of hydrogen-bond donors (Lipinski definition) is 0. The minimum atomic E-state index is 1.10. The molecule has 0 unspecified atom stereocenters. The van der Waals surface area contributed by atoms with Crippen molar-refractivity contribution < 1.29 is 0 Å². The van der Waals surface area contributed by atoms with Crippen LogP contribution in [0, 0.1) is 0 Å². The van der Waals surface area contributed by atoms with Gasteiger partial charge >= 0.3 is 0 Å². The normalized spacial score (nSPS) is 11.5. The van der Waals surface area contributed by atoms with E-state index in [1.54, 1.807) is 0 Å². The van der Waals surface area contributed by atoms with Gasteiger partial charge in [-0.1, -0.05) is 152 Å². The molecule has 2 aromatic heterocycles. The smallest absolute Gasteiger partial charge is 0.0640 e. The van der Waals surface area contributed by atoms with E-state index in [2.05, 4.69) is 276 Å². The molecule has 0 aliphatic carbocycles. The lowest BCUT2D eigenvalue weighted by molar-refractivity contribution is 1.29. The first kappa shape index (κ1) is 40.8. The summed E-state index contributed by atoms with van der Waals surface area (Å²) in [5, 5.41) is 7.39. The third-order valence-corrected chi connectivity index (χ3v) is 15.6. The Balaban J connectivity index is 1.07. The summed E-state index contributed by atoms with van der Waals surface area (Å²) in [6.07, 6.45) is 0. The topological polar surface area (TPSA) is 9.72 Å². The fraction of sp³-hybridized carbons (Fsp3) is 0. The molecule has 13 aromatic rings. The number of thiophene rings is 2. The van der Waals surface area contributed by atoms with Crippen LogP contribution in [0.1, 0.15) is 0 Å². The van der Waals surface area contributed by atoms with Gasteiger partial charge < -0.3 is 14.7 Å². The number of anilines is 9. The number of rotatable bonds is 10. The maximum atomic E-state index is 2.45. The van der Waals surface area contributed by atoms with Crippen molar-refractivity contribution >= 4 is 125 Å². The van der Waals surface area contributed by atoms with E-state index in [1.165, 1.54) is 67.9 Å². The van der Waals surface area contributed by atoms with Gasteiger partial charge in [-0.15, -0.1) is 22.7 Å². The Hall–Kier alpha value is -8.48. The van der Waals surface area contributed by atoms with E-state index >= 15 is 0 Å². The highest BCUT2D eigenvalue weighted by Gasteiger charge is 2.24. The third-order valence-electron chi connectivity index (χ3n) is 13.2. The average Bonchev–Trinajstić information content (AvgIpc) is 3.99. The van der Waals surface area contributed by atoms with Gasteiger partial charge in [-0.2, -0.15) is 0 Å². The van der Waals surface area contributed by atoms with Gasteiger partial charge in [0.05, 0.1) is 16.1 Å². The Morgan fingerprint density at radius 2 is 0.681 bits per heavy atom. The van der Waals surface area contributed by atoms with E-state index in [4.69, 9.17) is 0 Å². The molecule has 0 spiro atoms. The number of para-hydroxylation sites is 5. The summed E-state index contributed by atoms with van der Waals surface area (Å²) in [5.74, 6) is 0. The molecule has 0 saturated heterocycles. The van der Waals surface area contributed by atoms with Crippen LogP contribution in [0.15, 0.2) is 261 Å². The van der Waals surface area contributed by atoms with Crippen molar-refractivity contribution in [3.8, 4) is 11.1 Å². The third kappa shape index (κ3) is 7.19. The molecule has 0 radical (unpaired) electrons. The highest BCUT2D eigenvalue weighted by atomic mass is 32.1. The zero-order valence-corrected chi connectivity index (χ0v) is 39.1. The first-order valence-corrected chi connectivity index (χ1v) is 25.0. The van der Waals surface area contributed by atoms with Crippen LogP contribution in [0.5, 0.6) is 0 Å². The molecule has 11 aromatic carbocycles. The second-order valence-corrected chi connectivity index (χ2v) is 19.4.